The molecule has 2 rings (SSSR count). The predicted octanol–water partition coefficient (Wildman–Crippen LogP) is 0.311. The van der Waals surface area contributed by atoms with E-state index in [1.807, 2.05) is 6.92 Å². The number of hydrogen-bond acceptors (Lipinski definition) is 5. The highest BCUT2D eigenvalue weighted by molar-refractivity contribution is 8.19. The number of carboxylic acid groups (broad SMARTS) is 1. The fraction of sp³-hybridized carbons (Fsp3) is 0.636. The Bertz CT molecular complexity index is 450. The second kappa shape index (κ2) is 5.35. The first kappa shape index (κ1) is 14.7. The summed E-state index contributed by atoms with van der Waals surface area (Å²) in [6.45, 7) is 3.36. The van der Waals surface area contributed by atoms with Crippen LogP contribution in [0.1, 0.15) is 20.3 Å². The normalized spacial score (nSPS) is 29.1. The summed E-state index contributed by atoms with van der Waals surface area (Å²) in [6, 6.07) is 0. The van der Waals surface area contributed by atoms with Crippen molar-refractivity contribution in [3.05, 3.63) is 9.93 Å². The average Bonchev–Trinajstić information content (AvgIpc) is 2.64. The van der Waals surface area contributed by atoms with Crippen molar-refractivity contribution in [2.24, 2.45) is 5.92 Å². The van der Waals surface area contributed by atoms with Gasteiger partial charge in [-0.25, -0.2) is 4.79 Å². The molecule has 0 aromatic heterocycles. The molecule has 2 N–H and O–H groups in total. The number of aliphatic hydroxyl groups is 1. The lowest BCUT2D eigenvalue weighted by atomic mass is 9.92. The van der Waals surface area contributed by atoms with Gasteiger partial charge in [0.1, 0.15) is 11.1 Å². The summed E-state index contributed by atoms with van der Waals surface area (Å²) in [5, 5.41) is 18.3. The molecule has 2 aliphatic rings. The molecular weight excluding hydrogens is 290 g/mol. The first-order valence-corrected chi connectivity index (χ1v) is 8.13. The zero-order valence-electron chi connectivity index (χ0n) is 10.5. The zero-order chi connectivity index (χ0) is 14.3. The van der Waals surface area contributed by atoms with E-state index in [4.69, 9.17) is 0 Å². The highest BCUT2D eigenvalue weighted by atomic mass is 32.3. The molecule has 0 aromatic rings. The van der Waals surface area contributed by atoms with Gasteiger partial charge >= 0.3 is 5.97 Å². The van der Waals surface area contributed by atoms with Crippen LogP contribution in [0.15, 0.2) is 9.93 Å². The van der Waals surface area contributed by atoms with Crippen LogP contribution in [0, 0.1) is 5.92 Å². The summed E-state index contributed by atoms with van der Waals surface area (Å²) in [4.78, 5) is 24.3. The van der Waals surface area contributed by atoms with E-state index < -0.39 is 40.4 Å². The van der Waals surface area contributed by atoms with Crippen LogP contribution in [-0.4, -0.2) is 48.8 Å². The van der Waals surface area contributed by atoms with E-state index >= 15 is 0 Å². The number of amides is 1. The van der Waals surface area contributed by atoms with Gasteiger partial charge in [0, 0.05) is 0 Å². The van der Waals surface area contributed by atoms with E-state index in [9.17, 15) is 24.4 Å². The summed E-state index contributed by atoms with van der Waals surface area (Å²) >= 11 is -0.275. The Hall–Kier alpha value is -0.700. The van der Waals surface area contributed by atoms with Gasteiger partial charge in [-0.2, -0.15) is 0 Å². The molecule has 4 atom stereocenters. The van der Waals surface area contributed by atoms with E-state index in [2.05, 4.69) is 0 Å². The standard InChI is InChI=1S/C11H15NO5S2/c1-3-4-19(17)11-7(10(15)16)12-8(14)6(5(2)13)9(12)18-11/h5-6,9,13H,3-4H2,1-2H3,(H,15,16)/t5-,6?,9?,19?/m1/s1. The number of aliphatic carboxylic acids is 1. The van der Waals surface area contributed by atoms with E-state index in [1.165, 1.54) is 6.92 Å². The first-order valence-electron chi connectivity index (χ1n) is 5.93. The topological polar surface area (TPSA) is 101 Å². The lowest BCUT2D eigenvalue weighted by Crippen LogP contribution is -2.60. The van der Waals surface area contributed by atoms with Crippen LogP contribution in [0.5, 0.6) is 0 Å². The number of rotatable bonds is 5. The van der Waals surface area contributed by atoms with Crippen molar-refractivity contribution in [1.29, 1.82) is 0 Å². The van der Waals surface area contributed by atoms with E-state index in [0.717, 1.165) is 16.7 Å². The van der Waals surface area contributed by atoms with Crippen molar-refractivity contribution in [3.8, 4) is 0 Å². The number of hydrogen-bond donors (Lipinski definition) is 2. The predicted molar refractivity (Wildman–Crippen MR) is 71.4 cm³/mol. The first-order chi connectivity index (χ1) is 8.90. The summed E-state index contributed by atoms with van der Waals surface area (Å²) in [5.74, 6) is -1.90. The lowest BCUT2D eigenvalue weighted by Gasteiger charge is -2.42. The van der Waals surface area contributed by atoms with Crippen molar-refractivity contribution in [1.82, 2.24) is 4.90 Å². The molecule has 1 amide bonds. The van der Waals surface area contributed by atoms with Gasteiger partial charge in [-0.15, -0.1) is 0 Å². The molecule has 1 saturated heterocycles. The van der Waals surface area contributed by atoms with Crippen LogP contribution >= 0.6 is 11.8 Å². The Labute approximate surface area is 118 Å². The summed E-state index contributed by atoms with van der Waals surface area (Å²) in [5.41, 5.74) is -0.177. The molecule has 0 radical (unpaired) electrons. The molecule has 0 aromatic carbocycles. The van der Waals surface area contributed by atoms with E-state index in [0.29, 0.717) is 12.2 Å². The zero-order valence-corrected chi connectivity index (χ0v) is 12.2. The highest BCUT2D eigenvalue weighted by Gasteiger charge is 2.60. The van der Waals surface area contributed by atoms with E-state index in [-0.39, 0.29) is 9.93 Å². The maximum absolute atomic E-state index is 12.0. The number of nitrogens with zero attached hydrogens (tertiary/aromatic N) is 1. The molecule has 0 saturated carbocycles. The van der Waals surface area contributed by atoms with Crippen molar-refractivity contribution in [2.75, 3.05) is 5.75 Å². The molecule has 2 heterocycles. The minimum Gasteiger partial charge on any atom is -0.611 e. The molecule has 0 aliphatic carbocycles. The van der Waals surface area contributed by atoms with Crippen molar-refractivity contribution < 1.29 is 24.4 Å². The van der Waals surface area contributed by atoms with Gasteiger partial charge < -0.3 is 14.8 Å². The van der Waals surface area contributed by atoms with Crippen molar-refractivity contribution in [3.63, 3.8) is 0 Å². The van der Waals surface area contributed by atoms with Gasteiger partial charge in [0.05, 0.1) is 12.0 Å². The molecule has 19 heavy (non-hydrogen) atoms. The minimum atomic E-state index is -1.40. The number of β-lactam (4-membered cyclic amide) rings is 1. The second-order valence-electron chi connectivity index (χ2n) is 4.47. The SMILES string of the molecule is CCC[S+]([O-])C1=C(C(=O)O)N2C(=O)C([C@@H](C)O)C2S1. The summed E-state index contributed by atoms with van der Waals surface area (Å²) in [7, 11) is 0. The fourth-order valence-corrected chi connectivity index (χ4v) is 5.44. The maximum Gasteiger partial charge on any atom is 0.358 e. The number of thioether (sulfide) groups is 1. The number of carboxylic acids is 1. The van der Waals surface area contributed by atoms with Crippen LogP contribution < -0.4 is 0 Å². The molecule has 2 aliphatic heterocycles. The third-order valence-electron chi connectivity index (χ3n) is 3.06. The number of fused-ring (bicyclic) bond motifs is 1. The molecule has 0 spiro atoms. The highest BCUT2D eigenvalue weighted by Crippen LogP contribution is 2.52. The Morgan fingerprint density at radius 3 is 2.74 bits per heavy atom. The number of carbonyl (C=O) groups is 2. The lowest BCUT2D eigenvalue weighted by molar-refractivity contribution is -0.156. The monoisotopic (exact) mass is 305 g/mol. The van der Waals surface area contributed by atoms with Crippen LogP contribution in [0.4, 0.5) is 0 Å². The Morgan fingerprint density at radius 1 is 1.63 bits per heavy atom. The molecule has 0 bridgehead atoms. The van der Waals surface area contributed by atoms with Crippen LogP contribution in [0.3, 0.4) is 0 Å². The quantitative estimate of drug-likeness (QED) is 0.560. The fourth-order valence-electron chi connectivity index (χ4n) is 2.19. The van der Waals surface area contributed by atoms with E-state index in [1.54, 1.807) is 0 Å². The smallest absolute Gasteiger partial charge is 0.358 e. The summed E-state index contributed by atoms with van der Waals surface area (Å²) in [6.07, 6.45) is -0.169. The Balaban J connectivity index is 2.29. The van der Waals surface area contributed by atoms with Gasteiger partial charge in [-0.1, -0.05) is 6.92 Å². The summed E-state index contributed by atoms with van der Waals surface area (Å²) < 4.78 is 12.3. The van der Waals surface area contributed by atoms with Crippen molar-refractivity contribution in [2.45, 2.75) is 31.7 Å². The molecular formula is C11H15NO5S2. The van der Waals surface area contributed by atoms with Gasteiger partial charge in [0.2, 0.25) is 10.1 Å². The van der Waals surface area contributed by atoms with Crippen molar-refractivity contribution >= 4 is 34.8 Å². The Kier molecular flexibility index (Phi) is 4.14. The third kappa shape index (κ3) is 2.26. The van der Waals surface area contributed by atoms with Crippen LogP contribution in [0.25, 0.3) is 0 Å². The minimum absolute atomic E-state index is 0.177. The number of aliphatic hydroxyl groups excluding tert-OH is 1. The van der Waals surface area contributed by atoms with Gasteiger partial charge in [-0.05, 0) is 36.3 Å². The van der Waals surface area contributed by atoms with Crippen LogP contribution in [0.2, 0.25) is 0 Å². The molecule has 3 unspecified atom stereocenters. The molecule has 8 heteroatoms. The molecule has 1 fully saturated rings. The number of carbonyl (C=O) groups excluding carboxylic acids is 1. The van der Waals surface area contributed by atoms with Gasteiger partial charge in [0.25, 0.3) is 0 Å². The largest absolute Gasteiger partial charge is 0.611 e. The molecule has 6 nitrogen and oxygen atoms in total. The van der Waals surface area contributed by atoms with Gasteiger partial charge in [0.15, 0.2) is 5.70 Å². The molecule has 106 valence electrons. The Morgan fingerprint density at radius 2 is 2.26 bits per heavy atom. The average molecular weight is 305 g/mol. The second-order valence-corrected chi connectivity index (χ2v) is 7.37. The van der Waals surface area contributed by atoms with Gasteiger partial charge in [-0.3, -0.25) is 9.69 Å². The maximum atomic E-state index is 12.0. The van der Waals surface area contributed by atoms with Crippen LogP contribution in [-0.2, 0) is 20.8 Å². The third-order valence-corrected chi connectivity index (χ3v) is 6.45.